The smallest absolute Gasteiger partial charge is 0.203 e. The number of alkyl halides is 1. The molecule has 3 nitrogen and oxygen atoms in total. The lowest BCUT2D eigenvalue weighted by Gasteiger charge is -2.13. The maximum Gasteiger partial charge on any atom is 0.203 e. The monoisotopic (exact) mass is 262 g/mol. The van der Waals surface area contributed by atoms with Gasteiger partial charge in [-0.3, -0.25) is 0 Å². The molecule has 0 unspecified atom stereocenters. The van der Waals surface area contributed by atoms with Gasteiger partial charge in [0.25, 0.3) is 0 Å². The lowest BCUT2D eigenvalue weighted by molar-refractivity contribution is 0.324. The van der Waals surface area contributed by atoms with Gasteiger partial charge in [-0.1, -0.05) is 15.9 Å². The summed E-state index contributed by atoms with van der Waals surface area (Å²) in [4.78, 5) is 0. The number of hydrogen-bond donors (Lipinski definition) is 0. The molecular formula is C10H13BrO3. The van der Waals surface area contributed by atoms with E-state index in [9.17, 15) is 0 Å². The molecule has 78 valence electrons. The Morgan fingerprint density at radius 3 is 1.93 bits per heavy atom. The molecular weight excluding hydrogens is 248 g/mol. The van der Waals surface area contributed by atoms with Crippen molar-refractivity contribution in [3.8, 4) is 17.2 Å². The van der Waals surface area contributed by atoms with Gasteiger partial charge in [0.05, 0.1) is 21.3 Å². The Balaban J connectivity index is 3.37. The molecule has 1 aromatic carbocycles. The van der Waals surface area contributed by atoms with E-state index in [0.717, 1.165) is 0 Å². The van der Waals surface area contributed by atoms with E-state index in [1.807, 2.05) is 0 Å². The molecule has 0 aliphatic rings. The highest BCUT2D eigenvalue weighted by molar-refractivity contribution is 9.08. The van der Waals surface area contributed by atoms with Crippen molar-refractivity contribution in [2.45, 2.75) is 5.28 Å². The highest BCUT2D eigenvalue weighted by atomic mass is 79.9. The molecule has 4 heteroatoms. The number of ether oxygens (including phenoxy) is 3. The molecule has 0 aliphatic carbocycles. The van der Waals surface area contributed by atoms with Gasteiger partial charge in [-0.25, -0.2) is 0 Å². The summed E-state index contributed by atoms with van der Waals surface area (Å²) >= 11 is 2.94. The van der Waals surface area contributed by atoms with Gasteiger partial charge in [-0.2, -0.15) is 0 Å². The van der Waals surface area contributed by atoms with Crippen LogP contribution in [0.5, 0.6) is 17.2 Å². The molecule has 1 rings (SSSR count). The van der Waals surface area contributed by atoms with E-state index in [4.69, 9.17) is 17.0 Å². The van der Waals surface area contributed by atoms with Gasteiger partial charge in [0.15, 0.2) is 11.5 Å². The van der Waals surface area contributed by atoms with Crippen LogP contribution in [0.4, 0.5) is 0 Å². The largest absolute Gasteiger partial charge is 0.493 e. The van der Waals surface area contributed by atoms with Crippen molar-refractivity contribution >= 4 is 15.9 Å². The van der Waals surface area contributed by atoms with Crippen LogP contribution in [0.25, 0.3) is 0 Å². The molecule has 0 radical (unpaired) electrons. The lowest BCUT2D eigenvalue weighted by atomic mass is 10.2. The van der Waals surface area contributed by atoms with Crippen molar-refractivity contribution in [1.82, 2.24) is 0 Å². The van der Waals surface area contributed by atoms with Gasteiger partial charge >= 0.3 is 0 Å². The predicted molar refractivity (Wildman–Crippen MR) is 58.7 cm³/mol. The second-order valence-electron chi connectivity index (χ2n) is 2.51. The Kier molecular flexibility index (Phi) is 3.06. The fourth-order valence-electron chi connectivity index (χ4n) is 1.14. The first-order valence-corrected chi connectivity index (χ1v) is 4.72. The molecule has 1 aromatic rings. The minimum absolute atomic E-state index is 0.405. The summed E-state index contributed by atoms with van der Waals surface area (Å²) < 4.78 is 30.5. The van der Waals surface area contributed by atoms with E-state index in [-0.39, 0.29) is 0 Å². The van der Waals surface area contributed by atoms with Crippen LogP contribution >= 0.6 is 15.9 Å². The molecule has 0 N–H and O–H groups in total. The number of halogens is 1. The zero-order valence-electron chi connectivity index (χ0n) is 10.3. The second kappa shape index (κ2) is 5.10. The number of methoxy groups -OCH3 is 3. The summed E-state index contributed by atoms with van der Waals surface area (Å²) in [5, 5.41) is -1.64. The van der Waals surface area contributed by atoms with Crippen LogP contribution in [-0.2, 0) is 5.28 Å². The average molecular weight is 263 g/mol. The number of rotatable bonds is 4. The first kappa shape index (κ1) is 8.41. The van der Waals surface area contributed by atoms with Gasteiger partial charge in [0.2, 0.25) is 5.75 Å². The first-order valence-electron chi connectivity index (χ1n) is 4.93. The summed E-state index contributed by atoms with van der Waals surface area (Å²) in [5.74, 6) is 1.31. The average Bonchev–Trinajstić information content (AvgIpc) is 2.25. The summed E-state index contributed by atoms with van der Waals surface area (Å²) in [6.45, 7) is 0. The minimum Gasteiger partial charge on any atom is -0.493 e. The van der Waals surface area contributed by atoms with E-state index >= 15 is 0 Å². The molecule has 0 fully saturated rings. The van der Waals surface area contributed by atoms with E-state index in [1.165, 1.54) is 21.3 Å². The maximum absolute atomic E-state index is 7.58. The summed E-state index contributed by atoms with van der Waals surface area (Å²) in [5.41, 5.74) is 0.405. The molecule has 0 saturated heterocycles. The van der Waals surface area contributed by atoms with Crippen LogP contribution < -0.4 is 14.2 Å². The van der Waals surface area contributed by atoms with Crippen LogP contribution in [0.15, 0.2) is 12.1 Å². The SMILES string of the molecule is [2H]C([2H])(Br)c1cc(OC)c(OC)c(OC)c1. The maximum atomic E-state index is 7.58. The van der Waals surface area contributed by atoms with E-state index in [2.05, 4.69) is 15.9 Å². The molecule has 0 saturated carbocycles. The first-order chi connectivity index (χ1) is 7.43. The number of benzene rings is 1. The quantitative estimate of drug-likeness (QED) is 0.781. The van der Waals surface area contributed by atoms with Crippen LogP contribution in [0.1, 0.15) is 8.30 Å². The van der Waals surface area contributed by atoms with Gasteiger partial charge in [0.1, 0.15) is 0 Å². The van der Waals surface area contributed by atoms with Gasteiger partial charge in [0, 0.05) is 8.02 Å². The molecule has 0 aromatic heterocycles. The van der Waals surface area contributed by atoms with Crippen molar-refractivity contribution in [3.05, 3.63) is 17.7 Å². The Bertz CT molecular complexity index is 352. The third-order valence-electron chi connectivity index (χ3n) is 1.77. The molecule has 0 amide bonds. The van der Waals surface area contributed by atoms with Crippen molar-refractivity contribution < 1.29 is 17.0 Å². The molecule has 0 aliphatic heterocycles. The summed E-state index contributed by atoms with van der Waals surface area (Å²) in [6, 6.07) is 3.13. The minimum atomic E-state index is -1.64. The Morgan fingerprint density at radius 2 is 1.64 bits per heavy atom. The Hall–Kier alpha value is -0.900. The zero-order valence-corrected chi connectivity index (χ0v) is 9.84. The van der Waals surface area contributed by atoms with Crippen molar-refractivity contribution in [2.24, 2.45) is 0 Å². The third-order valence-corrected chi connectivity index (χ3v) is 2.23. The van der Waals surface area contributed by atoms with Crippen molar-refractivity contribution in [2.75, 3.05) is 21.3 Å². The molecule has 0 atom stereocenters. The Labute approximate surface area is 94.9 Å². The van der Waals surface area contributed by atoms with E-state index < -0.39 is 5.28 Å². The molecule has 0 spiro atoms. The van der Waals surface area contributed by atoms with Gasteiger partial charge in [-0.05, 0) is 17.7 Å². The molecule has 0 heterocycles. The zero-order chi connectivity index (χ0) is 12.3. The normalized spacial score (nSPS) is 12.9. The van der Waals surface area contributed by atoms with Crippen LogP contribution in [0, 0.1) is 0 Å². The standard InChI is InChI=1S/C10H13BrO3/c1-12-8-4-7(6-11)5-9(13-2)10(8)14-3/h4-5H,6H2,1-3H3/i6D2. The van der Waals surface area contributed by atoms with Gasteiger partial charge in [-0.15, -0.1) is 0 Å². The molecule has 0 bridgehead atoms. The number of hydrogen-bond acceptors (Lipinski definition) is 3. The fraction of sp³-hybridized carbons (Fsp3) is 0.400. The predicted octanol–water partition coefficient (Wildman–Crippen LogP) is 2.61. The third kappa shape index (κ3) is 2.12. The van der Waals surface area contributed by atoms with E-state index in [1.54, 1.807) is 12.1 Å². The second-order valence-corrected chi connectivity index (χ2v) is 2.91. The Morgan fingerprint density at radius 1 is 1.14 bits per heavy atom. The van der Waals surface area contributed by atoms with Crippen molar-refractivity contribution in [3.63, 3.8) is 0 Å². The molecule has 14 heavy (non-hydrogen) atoms. The summed E-state index contributed by atoms with van der Waals surface area (Å²) in [6.07, 6.45) is 0. The van der Waals surface area contributed by atoms with Crippen molar-refractivity contribution in [1.29, 1.82) is 0 Å². The topological polar surface area (TPSA) is 27.7 Å². The summed E-state index contributed by atoms with van der Waals surface area (Å²) in [7, 11) is 4.48. The van der Waals surface area contributed by atoms with Gasteiger partial charge < -0.3 is 14.2 Å². The van der Waals surface area contributed by atoms with E-state index in [0.29, 0.717) is 22.8 Å². The van der Waals surface area contributed by atoms with Crippen LogP contribution in [0.3, 0.4) is 0 Å². The highest BCUT2D eigenvalue weighted by Gasteiger charge is 2.12. The lowest BCUT2D eigenvalue weighted by Crippen LogP contribution is -1.96. The van der Waals surface area contributed by atoms with Crippen LogP contribution in [-0.4, -0.2) is 21.3 Å². The van der Waals surface area contributed by atoms with Crippen LogP contribution in [0.2, 0.25) is 0 Å². The highest BCUT2D eigenvalue weighted by Crippen LogP contribution is 2.38. The fourth-order valence-corrected chi connectivity index (χ4v) is 1.36.